The van der Waals surface area contributed by atoms with Gasteiger partial charge in [0.05, 0.1) is 24.0 Å². The second-order valence-electron chi connectivity index (χ2n) is 10.9. The molecule has 0 aromatic heterocycles. The Morgan fingerprint density at radius 2 is 1.77 bits per heavy atom. The summed E-state index contributed by atoms with van der Waals surface area (Å²) in [7, 11) is -3.86. The van der Waals surface area contributed by atoms with Gasteiger partial charge in [0.1, 0.15) is 17.4 Å². The largest absolute Gasteiger partial charge is 0.493 e. The van der Waals surface area contributed by atoms with Gasteiger partial charge in [-0.1, -0.05) is 6.92 Å². The smallest absolute Gasteiger partial charge is 0.416 e. The number of sulfonamides is 1. The molecule has 2 fully saturated rings. The van der Waals surface area contributed by atoms with Crippen molar-refractivity contribution in [1.82, 2.24) is 9.62 Å². The summed E-state index contributed by atoms with van der Waals surface area (Å²) in [5.41, 5.74) is -0.783. The molecule has 1 saturated carbocycles. The fraction of sp³-hybridized carbons (Fsp3) is 0.519. The Kier molecular flexibility index (Phi) is 8.01. The van der Waals surface area contributed by atoms with E-state index in [9.17, 15) is 35.2 Å². The van der Waals surface area contributed by atoms with Crippen LogP contribution in [0.25, 0.3) is 0 Å². The van der Waals surface area contributed by atoms with Crippen LogP contribution in [0.2, 0.25) is 0 Å². The standard InChI is InChI=1S/C27H31F5N2O4S/c1-16(18-10-19(27(30,31)32)12-20(28)11-18)34-8-6-26(2,7-9-34)15-38-24-14-23(29)22(13-21(24)17-4-5-17)25(35)33-39(3,36)37/h10-14,16-17H,4-9,15H2,1-3H3,(H,33,35)/t16-/m0/s1. The summed E-state index contributed by atoms with van der Waals surface area (Å²) in [5.74, 6) is -2.47. The number of rotatable bonds is 8. The summed E-state index contributed by atoms with van der Waals surface area (Å²) >= 11 is 0. The summed E-state index contributed by atoms with van der Waals surface area (Å²) < 4.78 is 98.8. The van der Waals surface area contributed by atoms with Gasteiger partial charge in [0, 0.05) is 17.5 Å². The first-order chi connectivity index (χ1) is 18.0. The molecule has 1 aliphatic heterocycles. The van der Waals surface area contributed by atoms with Gasteiger partial charge in [-0.3, -0.25) is 9.69 Å². The van der Waals surface area contributed by atoms with Crippen LogP contribution >= 0.6 is 0 Å². The van der Waals surface area contributed by atoms with Crippen molar-refractivity contribution in [3.8, 4) is 5.75 Å². The van der Waals surface area contributed by atoms with Gasteiger partial charge in [-0.05, 0) is 87.0 Å². The van der Waals surface area contributed by atoms with Crippen molar-refractivity contribution >= 4 is 15.9 Å². The number of likely N-dealkylation sites (tertiary alicyclic amines) is 1. The molecule has 0 spiro atoms. The lowest BCUT2D eigenvalue weighted by Crippen LogP contribution is -2.42. The number of carbonyl (C=O) groups is 1. The molecule has 1 heterocycles. The lowest BCUT2D eigenvalue weighted by Gasteiger charge is -2.42. The van der Waals surface area contributed by atoms with Gasteiger partial charge in [0.2, 0.25) is 10.0 Å². The van der Waals surface area contributed by atoms with Gasteiger partial charge in [-0.2, -0.15) is 13.2 Å². The van der Waals surface area contributed by atoms with E-state index in [2.05, 4.69) is 0 Å². The molecular weight excluding hydrogens is 543 g/mol. The van der Waals surface area contributed by atoms with Crippen LogP contribution in [0.5, 0.6) is 5.75 Å². The maximum atomic E-state index is 14.8. The molecule has 1 aliphatic carbocycles. The second-order valence-corrected chi connectivity index (χ2v) is 12.7. The van der Waals surface area contributed by atoms with Gasteiger partial charge in [0.15, 0.2) is 0 Å². The average molecular weight is 575 g/mol. The Labute approximate surface area is 224 Å². The fourth-order valence-corrected chi connectivity index (χ4v) is 5.33. The molecule has 4 rings (SSSR count). The SMILES string of the molecule is C[C@@H](c1cc(F)cc(C(F)(F)F)c1)N1CCC(C)(COc2cc(F)c(C(=O)NS(C)(=O)=O)cc2C2CC2)CC1. The molecule has 2 aromatic rings. The molecule has 1 saturated heterocycles. The quantitative estimate of drug-likeness (QED) is 0.404. The van der Waals surface area contributed by atoms with Crippen LogP contribution in [0.3, 0.4) is 0 Å². The molecule has 12 heteroatoms. The Morgan fingerprint density at radius 1 is 1.13 bits per heavy atom. The fourth-order valence-electron chi connectivity index (χ4n) is 4.88. The number of piperidine rings is 1. The highest BCUT2D eigenvalue weighted by Crippen LogP contribution is 2.46. The van der Waals surface area contributed by atoms with E-state index < -0.39 is 45.3 Å². The van der Waals surface area contributed by atoms with E-state index >= 15 is 0 Å². The summed E-state index contributed by atoms with van der Waals surface area (Å²) in [5, 5.41) is 0. The van der Waals surface area contributed by atoms with Crippen molar-refractivity contribution in [1.29, 1.82) is 0 Å². The lowest BCUT2D eigenvalue weighted by atomic mass is 9.80. The van der Waals surface area contributed by atoms with E-state index in [-0.39, 0.29) is 29.1 Å². The first-order valence-corrected chi connectivity index (χ1v) is 14.5. The first kappa shape index (κ1) is 29.3. The minimum absolute atomic E-state index is 0.0914. The second kappa shape index (κ2) is 10.7. The lowest BCUT2D eigenvalue weighted by molar-refractivity contribution is -0.137. The van der Waals surface area contributed by atoms with Crippen molar-refractivity contribution in [2.24, 2.45) is 5.41 Å². The third-order valence-electron chi connectivity index (χ3n) is 7.50. The third kappa shape index (κ3) is 7.27. The normalized spacial score (nSPS) is 19.0. The highest BCUT2D eigenvalue weighted by Gasteiger charge is 2.36. The monoisotopic (exact) mass is 574 g/mol. The maximum absolute atomic E-state index is 14.8. The molecule has 0 unspecified atom stereocenters. The molecule has 1 atom stereocenters. The van der Waals surface area contributed by atoms with Gasteiger partial charge in [0.25, 0.3) is 5.91 Å². The molecule has 39 heavy (non-hydrogen) atoms. The zero-order valence-electron chi connectivity index (χ0n) is 21.9. The molecule has 1 amide bonds. The van der Waals surface area contributed by atoms with Crippen LogP contribution in [-0.2, 0) is 16.2 Å². The van der Waals surface area contributed by atoms with E-state index in [4.69, 9.17) is 4.74 Å². The molecule has 6 nitrogen and oxygen atoms in total. The molecule has 2 aromatic carbocycles. The van der Waals surface area contributed by atoms with E-state index in [1.165, 1.54) is 6.07 Å². The van der Waals surface area contributed by atoms with Crippen LogP contribution in [0, 0.1) is 17.0 Å². The number of hydrogen-bond donors (Lipinski definition) is 1. The highest BCUT2D eigenvalue weighted by atomic mass is 32.2. The molecule has 2 aliphatic rings. The number of alkyl halides is 3. The summed E-state index contributed by atoms with van der Waals surface area (Å²) in [4.78, 5) is 14.3. The first-order valence-electron chi connectivity index (χ1n) is 12.6. The topological polar surface area (TPSA) is 75.7 Å². The van der Waals surface area contributed by atoms with E-state index in [0.29, 0.717) is 43.3 Å². The Morgan fingerprint density at radius 3 is 2.33 bits per heavy atom. The van der Waals surface area contributed by atoms with E-state index in [1.54, 1.807) is 11.6 Å². The zero-order valence-corrected chi connectivity index (χ0v) is 22.7. The molecule has 1 N–H and O–H groups in total. The van der Waals surface area contributed by atoms with Crippen molar-refractivity contribution < 1.29 is 39.9 Å². The van der Waals surface area contributed by atoms with Gasteiger partial charge in [-0.25, -0.2) is 21.9 Å². The number of amides is 1. The number of carbonyl (C=O) groups excluding carboxylic acids is 1. The van der Waals surface area contributed by atoms with Crippen molar-refractivity contribution in [2.45, 2.75) is 57.7 Å². The van der Waals surface area contributed by atoms with Gasteiger partial charge >= 0.3 is 6.18 Å². The third-order valence-corrected chi connectivity index (χ3v) is 8.05. The number of benzene rings is 2. The van der Waals surface area contributed by atoms with Crippen LogP contribution < -0.4 is 9.46 Å². The molecular formula is C27H31F5N2O4S. The summed E-state index contributed by atoms with van der Waals surface area (Å²) in [6.07, 6.45) is -0.843. The van der Waals surface area contributed by atoms with Crippen molar-refractivity contribution in [2.75, 3.05) is 26.0 Å². The predicted octanol–water partition coefficient (Wildman–Crippen LogP) is 5.79. The number of ether oxygens (including phenoxy) is 1. The molecule has 214 valence electrons. The van der Waals surface area contributed by atoms with Crippen LogP contribution in [0.4, 0.5) is 22.0 Å². The minimum atomic E-state index is -4.64. The molecule has 0 radical (unpaired) electrons. The summed E-state index contributed by atoms with van der Waals surface area (Å²) in [6, 6.07) is 4.65. The van der Waals surface area contributed by atoms with Crippen LogP contribution in [-0.4, -0.2) is 45.2 Å². The summed E-state index contributed by atoms with van der Waals surface area (Å²) in [6.45, 7) is 5.11. The Bertz CT molecular complexity index is 1350. The van der Waals surface area contributed by atoms with Gasteiger partial charge < -0.3 is 4.74 Å². The highest BCUT2D eigenvalue weighted by molar-refractivity contribution is 7.89. The van der Waals surface area contributed by atoms with Crippen LogP contribution in [0.1, 0.15) is 78.5 Å². The Hall–Kier alpha value is -2.73. The van der Waals surface area contributed by atoms with Crippen molar-refractivity contribution in [3.05, 3.63) is 64.2 Å². The molecule has 0 bridgehead atoms. The average Bonchev–Trinajstić information content (AvgIpc) is 3.66. The number of hydrogen-bond acceptors (Lipinski definition) is 5. The van der Waals surface area contributed by atoms with E-state index in [0.717, 1.165) is 37.3 Å². The Balaban J connectivity index is 1.42. The predicted molar refractivity (Wildman–Crippen MR) is 135 cm³/mol. The van der Waals surface area contributed by atoms with Gasteiger partial charge in [-0.15, -0.1) is 0 Å². The zero-order chi connectivity index (χ0) is 28.8. The minimum Gasteiger partial charge on any atom is -0.493 e. The van der Waals surface area contributed by atoms with Crippen molar-refractivity contribution in [3.63, 3.8) is 0 Å². The number of nitrogens with zero attached hydrogens (tertiary/aromatic N) is 1. The number of nitrogens with one attached hydrogen (secondary N) is 1. The van der Waals surface area contributed by atoms with Crippen LogP contribution in [0.15, 0.2) is 30.3 Å². The number of halogens is 5. The van der Waals surface area contributed by atoms with E-state index in [1.807, 2.05) is 11.8 Å². The maximum Gasteiger partial charge on any atom is 0.416 e.